The standard InChI is InChI=1S/C10H9Cl4FN2O/c1-17(8(11)10(12,13)14)9(18)16-7-5-3-2-4-6(7)15/h2-5,8H,1H3,(H,16,18). The van der Waals surface area contributed by atoms with E-state index in [0.29, 0.717) is 0 Å². The molecule has 0 saturated carbocycles. The third-order valence-corrected chi connectivity index (χ3v) is 3.62. The minimum absolute atomic E-state index is 0.0162. The number of hydrogen-bond donors (Lipinski definition) is 1. The van der Waals surface area contributed by atoms with Gasteiger partial charge in [0, 0.05) is 7.05 Å². The summed E-state index contributed by atoms with van der Waals surface area (Å²) in [7, 11) is 1.33. The van der Waals surface area contributed by atoms with Crippen molar-refractivity contribution < 1.29 is 9.18 Å². The minimum atomic E-state index is -1.84. The first kappa shape index (κ1) is 15.6. The van der Waals surface area contributed by atoms with E-state index in [4.69, 9.17) is 46.4 Å². The summed E-state index contributed by atoms with van der Waals surface area (Å²) in [6.45, 7) is 0. The molecular formula is C10H9Cl4FN2O. The number of carbonyl (C=O) groups excluding carboxylic acids is 1. The Kier molecular flexibility index (Phi) is 5.34. The third kappa shape index (κ3) is 4.05. The van der Waals surface area contributed by atoms with Crippen molar-refractivity contribution in [3.05, 3.63) is 30.1 Å². The normalized spacial score (nSPS) is 13.0. The second kappa shape index (κ2) is 6.15. The van der Waals surface area contributed by atoms with Crippen LogP contribution in [0.3, 0.4) is 0 Å². The maximum atomic E-state index is 13.3. The summed E-state index contributed by atoms with van der Waals surface area (Å²) in [6.07, 6.45) is 0. The maximum absolute atomic E-state index is 13.3. The van der Waals surface area contributed by atoms with E-state index in [2.05, 4.69) is 5.32 Å². The summed E-state index contributed by atoms with van der Waals surface area (Å²) in [6, 6.07) is 5.00. The Balaban J connectivity index is 2.75. The Morgan fingerprint density at radius 3 is 2.44 bits per heavy atom. The van der Waals surface area contributed by atoms with Gasteiger partial charge < -0.3 is 10.2 Å². The van der Waals surface area contributed by atoms with Crippen LogP contribution in [-0.4, -0.2) is 27.3 Å². The molecule has 18 heavy (non-hydrogen) atoms. The number of urea groups is 1. The predicted molar refractivity (Wildman–Crippen MR) is 73.1 cm³/mol. The Labute approximate surface area is 124 Å². The maximum Gasteiger partial charge on any atom is 0.323 e. The fraction of sp³-hybridized carbons (Fsp3) is 0.300. The van der Waals surface area contributed by atoms with Crippen LogP contribution >= 0.6 is 46.4 Å². The second-order valence-electron chi connectivity index (χ2n) is 3.40. The number of para-hydroxylation sites is 1. The molecule has 0 heterocycles. The molecule has 1 atom stereocenters. The Hall–Kier alpha value is -0.420. The number of benzene rings is 1. The van der Waals surface area contributed by atoms with E-state index in [-0.39, 0.29) is 5.69 Å². The highest BCUT2D eigenvalue weighted by Crippen LogP contribution is 2.35. The summed E-state index contributed by atoms with van der Waals surface area (Å²) >= 11 is 22.5. The molecule has 3 nitrogen and oxygen atoms in total. The highest BCUT2D eigenvalue weighted by molar-refractivity contribution is 6.70. The number of anilines is 1. The van der Waals surface area contributed by atoms with Crippen LogP contribution in [0, 0.1) is 5.82 Å². The number of nitrogens with one attached hydrogen (secondary N) is 1. The SMILES string of the molecule is CN(C(=O)Nc1ccccc1F)C(Cl)C(Cl)(Cl)Cl. The zero-order valence-corrected chi connectivity index (χ0v) is 12.2. The molecular weight excluding hydrogens is 325 g/mol. The minimum Gasteiger partial charge on any atom is -0.307 e. The lowest BCUT2D eigenvalue weighted by Crippen LogP contribution is -2.43. The Morgan fingerprint density at radius 1 is 1.39 bits per heavy atom. The number of hydrogen-bond acceptors (Lipinski definition) is 1. The molecule has 1 aromatic rings. The predicted octanol–water partition coefficient (Wildman–Crippen LogP) is 4.22. The van der Waals surface area contributed by atoms with E-state index in [0.717, 1.165) is 4.90 Å². The van der Waals surface area contributed by atoms with Crippen molar-refractivity contribution in [2.45, 2.75) is 9.29 Å². The van der Waals surface area contributed by atoms with Crippen molar-refractivity contribution in [3.8, 4) is 0 Å². The van der Waals surface area contributed by atoms with Gasteiger partial charge in [-0.2, -0.15) is 0 Å². The first-order valence-corrected chi connectivity index (χ1v) is 6.29. The number of carbonyl (C=O) groups is 1. The first-order valence-electron chi connectivity index (χ1n) is 4.72. The fourth-order valence-corrected chi connectivity index (χ4v) is 1.62. The van der Waals surface area contributed by atoms with Gasteiger partial charge in [-0.25, -0.2) is 9.18 Å². The second-order valence-corrected chi connectivity index (χ2v) is 6.18. The lowest BCUT2D eigenvalue weighted by molar-refractivity contribution is 0.218. The lowest BCUT2D eigenvalue weighted by atomic mass is 10.3. The van der Waals surface area contributed by atoms with Crippen molar-refractivity contribution in [2.75, 3.05) is 12.4 Å². The van der Waals surface area contributed by atoms with Crippen LogP contribution in [0.15, 0.2) is 24.3 Å². The summed E-state index contributed by atoms with van der Waals surface area (Å²) < 4.78 is 11.5. The smallest absolute Gasteiger partial charge is 0.307 e. The zero-order chi connectivity index (χ0) is 13.9. The van der Waals surface area contributed by atoms with Crippen LogP contribution in [0.4, 0.5) is 14.9 Å². The summed E-state index contributed by atoms with van der Waals surface area (Å²) in [5, 5.41) is 2.31. The Morgan fingerprint density at radius 2 is 1.94 bits per heavy atom. The van der Waals surface area contributed by atoms with Gasteiger partial charge in [-0.15, -0.1) is 0 Å². The van der Waals surface area contributed by atoms with Crippen LogP contribution in [-0.2, 0) is 0 Å². The van der Waals surface area contributed by atoms with E-state index in [1.807, 2.05) is 0 Å². The molecule has 0 saturated heterocycles. The van der Waals surface area contributed by atoms with Crippen LogP contribution in [0.2, 0.25) is 0 Å². The van der Waals surface area contributed by atoms with Crippen LogP contribution in [0.1, 0.15) is 0 Å². The number of amides is 2. The molecule has 0 aliphatic heterocycles. The summed E-state index contributed by atoms with van der Waals surface area (Å²) in [4.78, 5) is 12.7. The molecule has 1 aromatic carbocycles. The average molecular weight is 334 g/mol. The van der Waals surface area contributed by atoms with Gasteiger partial charge in [0.15, 0.2) is 5.50 Å². The molecule has 8 heteroatoms. The highest BCUT2D eigenvalue weighted by atomic mass is 35.6. The van der Waals surface area contributed by atoms with E-state index >= 15 is 0 Å². The molecule has 0 fully saturated rings. The van der Waals surface area contributed by atoms with Crippen LogP contribution in [0.25, 0.3) is 0 Å². The monoisotopic (exact) mass is 332 g/mol. The first-order chi connectivity index (χ1) is 8.23. The van der Waals surface area contributed by atoms with Crippen LogP contribution in [0.5, 0.6) is 0 Å². The molecule has 0 aliphatic rings. The molecule has 0 spiro atoms. The van der Waals surface area contributed by atoms with Crippen molar-refractivity contribution >= 4 is 58.1 Å². The fourth-order valence-electron chi connectivity index (χ4n) is 1.09. The zero-order valence-electron chi connectivity index (χ0n) is 9.13. The molecule has 1 N–H and O–H groups in total. The van der Waals surface area contributed by atoms with Gasteiger partial charge in [0.2, 0.25) is 3.79 Å². The number of rotatable bonds is 2. The van der Waals surface area contributed by atoms with Gasteiger partial charge in [-0.05, 0) is 12.1 Å². The van der Waals surface area contributed by atoms with Gasteiger partial charge in [0.1, 0.15) is 5.82 Å². The molecule has 0 radical (unpaired) electrons. The van der Waals surface area contributed by atoms with Gasteiger partial charge in [-0.3, -0.25) is 0 Å². The third-order valence-electron chi connectivity index (χ3n) is 2.05. The van der Waals surface area contributed by atoms with Gasteiger partial charge in [-0.1, -0.05) is 58.5 Å². The molecule has 0 bridgehead atoms. The molecule has 0 aromatic heterocycles. The number of halogens is 5. The van der Waals surface area contributed by atoms with Gasteiger partial charge >= 0.3 is 6.03 Å². The quantitative estimate of drug-likeness (QED) is 0.637. The van der Waals surface area contributed by atoms with E-state index < -0.39 is 21.1 Å². The molecule has 100 valence electrons. The lowest BCUT2D eigenvalue weighted by Gasteiger charge is -2.28. The van der Waals surface area contributed by atoms with Crippen molar-refractivity contribution in [3.63, 3.8) is 0 Å². The summed E-state index contributed by atoms with van der Waals surface area (Å²) in [5.74, 6) is -0.570. The number of alkyl halides is 4. The van der Waals surface area contributed by atoms with Crippen molar-refractivity contribution in [1.29, 1.82) is 0 Å². The van der Waals surface area contributed by atoms with E-state index in [9.17, 15) is 9.18 Å². The summed E-state index contributed by atoms with van der Waals surface area (Å²) in [5.41, 5.74) is -1.17. The largest absolute Gasteiger partial charge is 0.323 e. The average Bonchev–Trinajstić information content (AvgIpc) is 2.29. The molecule has 2 amide bonds. The van der Waals surface area contributed by atoms with E-state index in [1.54, 1.807) is 6.07 Å². The van der Waals surface area contributed by atoms with Gasteiger partial charge in [0.05, 0.1) is 5.69 Å². The molecule has 1 unspecified atom stereocenters. The topological polar surface area (TPSA) is 32.3 Å². The molecule has 0 aliphatic carbocycles. The van der Waals surface area contributed by atoms with Crippen LogP contribution < -0.4 is 5.32 Å². The number of nitrogens with zero attached hydrogens (tertiary/aromatic N) is 1. The van der Waals surface area contributed by atoms with Crippen molar-refractivity contribution in [1.82, 2.24) is 4.90 Å². The highest BCUT2D eigenvalue weighted by Gasteiger charge is 2.36. The molecule has 1 rings (SSSR count). The van der Waals surface area contributed by atoms with E-state index in [1.165, 1.54) is 25.2 Å². The Bertz CT molecular complexity index is 438. The van der Waals surface area contributed by atoms with Crippen molar-refractivity contribution in [2.24, 2.45) is 0 Å². The van der Waals surface area contributed by atoms with Gasteiger partial charge in [0.25, 0.3) is 0 Å².